The minimum atomic E-state index is -1.53. The maximum absolute atomic E-state index is 13.0. The van der Waals surface area contributed by atoms with Gasteiger partial charge in [0.15, 0.2) is 5.78 Å². The van der Waals surface area contributed by atoms with Crippen LogP contribution in [0.4, 0.5) is 5.69 Å². The van der Waals surface area contributed by atoms with E-state index in [0.29, 0.717) is 5.69 Å². The van der Waals surface area contributed by atoms with E-state index in [1.807, 2.05) is 0 Å². The Kier molecular flexibility index (Phi) is 4.02. The Morgan fingerprint density at radius 3 is 2.36 bits per heavy atom. The normalized spacial score (nSPS) is 23.7. The number of aliphatic hydroxyl groups is 2. The Bertz CT molecular complexity index is 1040. The molecule has 0 unspecified atom stereocenters. The van der Waals surface area contributed by atoms with Gasteiger partial charge in [0.2, 0.25) is 5.78 Å². The lowest BCUT2D eigenvalue weighted by atomic mass is 9.75. The number of fused-ring (bicyclic) bond motifs is 2. The van der Waals surface area contributed by atoms with E-state index in [4.69, 9.17) is 0 Å². The largest absolute Gasteiger partial charge is 0.507 e. The summed E-state index contributed by atoms with van der Waals surface area (Å²) in [4.78, 5) is 25.6. The fraction of sp³-hybridized carbons (Fsp3) is 0.238. The molecule has 0 saturated heterocycles. The molecular formula is C21H19NO6. The number of ketones is 2. The van der Waals surface area contributed by atoms with E-state index in [0.717, 1.165) is 6.08 Å². The third-order valence-corrected chi connectivity index (χ3v) is 5.36. The van der Waals surface area contributed by atoms with E-state index in [1.165, 1.54) is 6.92 Å². The molecule has 0 bridgehead atoms. The van der Waals surface area contributed by atoms with Crippen LogP contribution in [-0.4, -0.2) is 43.7 Å². The van der Waals surface area contributed by atoms with Gasteiger partial charge in [-0.15, -0.1) is 0 Å². The summed E-state index contributed by atoms with van der Waals surface area (Å²) >= 11 is 0. The molecule has 2 aliphatic rings. The van der Waals surface area contributed by atoms with Gasteiger partial charge in [-0.2, -0.15) is 0 Å². The van der Waals surface area contributed by atoms with Crippen molar-refractivity contribution in [2.75, 3.05) is 5.32 Å². The van der Waals surface area contributed by atoms with Crippen molar-refractivity contribution in [1.82, 2.24) is 0 Å². The number of allylic oxidation sites excluding steroid dienone is 2. The van der Waals surface area contributed by atoms with Gasteiger partial charge in [0.1, 0.15) is 11.5 Å². The van der Waals surface area contributed by atoms with E-state index < -0.39 is 34.8 Å². The highest BCUT2D eigenvalue weighted by molar-refractivity contribution is 6.27. The third-order valence-electron chi connectivity index (χ3n) is 5.36. The number of carbonyl (C=O) groups excluding carboxylic acids is 2. The van der Waals surface area contributed by atoms with Crippen LogP contribution in [0.3, 0.4) is 0 Å². The predicted molar refractivity (Wildman–Crippen MR) is 101 cm³/mol. The van der Waals surface area contributed by atoms with Gasteiger partial charge in [0.05, 0.1) is 28.5 Å². The van der Waals surface area contributed by atoms with Crippen molar-refractivity contribution < 1.29 is 30.0 Å². The number of rotatable bonds is 2. The minimum absolute atomic E-state index is 0.0269. The number of aromatic hydroxyl groups is 2. The number of benzene rings is 2. The van der Waals surface area contributed by atoms with Crippen LogP contribution in [-0.2, 0) is 12.8 Å². The maximum Gasteiger partial charge on any atom is 0.213 e. The second-order valence-electron chi connectivity index (χ2n) is 7.40. The molecule has 144 valence electrons. The van der Waals surface area contributed by atoms with Crippen LogP contribution in [0.15, 0.2) is 42.1 Å². The summed E-state index contributed by atoms with van der Waals surface area (Å²) in [5, 5.41) is 44.7. The Morgan fingerprint density at radius 2 is 1.68 bits per heavy atom. The minimum Gasteiger partial charge on any atom is -0.507 e. The molecule has 0 amide bonds. The van der Waals surface area contributed by atoms with Crippen molar-refractivity contribution >= 4 is 17.3 Å². The Hall–Kier alpha value is -3.16. The molecule has 7 nitrogen and oxygen atoms in total. The van der Waals surface area contributed by atoms with E-state index in [1.54, 1.807) is 30.3 Å². The zero-order chi connectivity index (χ0) is 20.2. The van der Waals surface area contributed by atoms with Crippen LogP contribution >= 0.6 is 0 Å². The van der Waals surface area contributed by atoms with Gasteiger partial charge in [0.25, 0.3) is 0 Å². The molecule has 7 heteroatoms. The van der Waals surface area contributed by atoms with E-state index in [-0.39, 0.29) is 40.8 Å². The molecule has 5 N–H and O–H groups in total. The second-order valence-corrected chi connectivity index (χ2v) is 7.40. The summed E-state index contributed by atoms with van der Waals surface area (Å²) in [6.07, 6.45) is -0.403. The van der Waals surface area contributed by atoms with E-state index in [9.17, 15) is 30.0 Å². The Balaban J connectivity index is 1.84. The SMILES string of the molecule is C[C@]1(O)Cc2c(O)c3c(c(O)c2C[C@H]1O)C(=O)C=C(Nc1ccccc1)C3=O. The molecule has 2 aliphatic carbocycles. The van der Waals surface area contributed by atoms with Crippen molar-refractivity contribution in [3.05, 3.63) is 64.4 Å². The number of anilines is 1. The molecule has 0 aliphatic heterocycles. The van der Waals surface area contributed by atoms with Gasteiger partial charge in [-0.3, -0.25) is 9.59 Å². The first-order chi connectivity index (χ1) is 13.2. The number of phenols is 2. The lowest BCUT2D eigenvalue weighted by Gasteiger charge is -2.36. The first-order valence-corrected chi connectivity index (χ1v) is 8.83. The lowest BCUT2D eigenvalue weighted by Crippen LogP contribution is -2.46. The smallest absolute Gasteiger partial charge is 0.213 e. The third kappa shape index (κ3) is 2.67. The molecule has 0 saturated carbocycles. The molecule has 2 aromatic carbocycles. The van der Waals surface area contributed by atoms with Crippen LogP contribution < -0.4 is 5.32 Å². The monoisotopic (exact) mass is 381 g/mol. The van der Waals surface area contributed by atoms with Crippen LogP contribution in [0, 0.1) is 0 Å². The van der Waals surface area contributed by atoms with Gasteiger partial charge in [-0.05, 0) is 19.1 Å². The van der Waals surface area contributed by atoms with Gasteiger partial charge < -0.3 is 25.7 Å². The number of para-hydroxylation sites is 1. The summed E-state index contributed by atoms with van der Waals surface area (Å²) in [5.41, 5.74) is -1.22. The van der Waals surface area contributed by atoms with Crippen molar-refractivity contribution in [3.63, 3.8) is 0 Å². The molecular weight excluding hydrogens is 362 g/mol. The Morgan fingerprint density at radius 1 is 1.04 bits per heavy atom. The number of carbonyl (C=O) groups is 2. The van der Waals surface area contributed by atoms with Crippen LogP contribution in [0.1, 0.15) is 38.8 Å². The van der Waals surface area contributed by atoms with Gasteiger partial charge in [-0.1, -0.05) is 18.2 Å². The average Bonchev–Trinajstić information content (AvgIpc) is 2.65. The summed E-state index contributed by atoms with van der Waals surface area (Å²) < 4.78 is 0. The lowest BCUT2D eigenvalue weighted by molar-refractivity contribution is -0.0668. The quantitative estimate of drug-likeness (QED) is 0.501. The number of phenolic OH excluding ortho intramolecular Hbond substituents is 2. The number of aliphatic hydroxyl groups excluding tert-OH is 1. The van der Waals surface area contributed by atoms with Crippen molar-refractivity contribution in [3.8, 4) is 11.5 Å². The second kappa shape index (κ2) is 6.19. The molecule has 4 rings (SSSR count). The average molecular weight is 381 g/mol. The zero-order valence-electron chi connectivity index (χ0n) is 15.1. The molecule has 0 spiro atoms. The van der Waals surface area contributed by atoms with Gasteiger partial charge in [0, 0.05) is 35.7 Å². The Labute approximate surface area is 160 Å². The highest BCUT2D eigenvalue weighted by Crippen LogP contribution is 2.45. The molecule has 0 fully saturated rings. The number of nitrogens with one attached hydrogen (secondary N) is 1. The molecule has 2 aromatic rings. The van der Waals surface area contributed by atoms with Crippen molar-refractivity contribution in [2.24, 2.45) is 0 Å². The zero-order valence-corrected chi connectivity index (χ0v) is 15.1. The molecule has 0 radical (unpaired) electrons. The summed E-state index contributed by atoms with van der Waals surface area (Å²) in [7, 11) is 0. The first-order valence-electron chi connectivity index (χ1n) is 8.83. The predicted octanol–water partition coefficient (Wildman–Crippen LogP) is 1.68. The molecule has 28 heavy (non-hydrogen) atoms. The van der Waals surface area contributed by atoms with Gasteiger partial charge >= 0.3 is 0 Å². The highest BCUT2D eigenvalue weighted by atomic mass is 16.3. The highest BCUT2D eigenvalue weighted by Gasteiger charge is 2.43. The van der Waals surface area contributed by atoms with Crippen molar-refractivity contribution in [1.29, 1.82) is 0 Å². The standard InChI is InChI=1S/C21H19NO6/c1-21(28)9-12-11(7-15(21)24)18(25)16-14(23)8-13(20(27)17(16)19(12)26)22-10-5-3-2-4-6-10/h2-6,8,15,22,24-26,28H,7,9H2,1H3/t15-,21+/m1/s1. The van der Waals surface area contributed by atoms with Crippen LogP contribution in [0.5, 0.6) is 11.5 Å². The topological polar surface area (TPSA) is 127 Å². The maximum atomic E-state index is 13.0. The fourth-order valence-electron chi connectivity index (χ4n) is 3.76. The van der Waals surface area contributed by atoms with Gasteiger partial charge in [-0.25, -0.2) is 0 Å². The molecule has 0 heterocycles. The van der Waals surface area contributed by atoms with E-state index in [2.05, 4.69) is 5.32 Å². The fourth-order valence-corrected chi connectivity index (χ4v) is 3.76. The van der Waals surface area contributed by atoms with Crippen molar-refractivity contribution in [2.45, 2.75) is 31.5 Å². The summed E-state index contributed by atoms with van der Waals surface area (Å²) in [6.45, 7) is 1.41. The summed E-state index contributed by atoms with van der Waals surface area (Å²) in [6, 6.07) is 8.77. The number of Topliss-reactive ketones (excluding diaryl/α,β-unsaturated/α-hetero) is 1. The van der Waals surface area contributed by atoms with Crippen LogP contribution in [0.25, 0.3) is 0 Å². The molecule has 2 atom stereocenters. The molecule has 0 aromatic heterocycles. The number of hydrogen-bond donors (Lipinski definition) is 5. The summed E-state index contributed by atoms with van der Waals surface area (Å²) in [5.74, 6) is -2.16. The first kappa shape index (κ1) is 18.2. The van der Waals surface area contributed by atoms with E-state index >= 15 is 0 Å². The number of hydrogen-bond acceptors (Lipinski definition) is 7. The van der Waals surface area contributed by atoms with Crippen LogP contribution in [0.2, 0.25) is 0 Å².